The van der Waals surface area contributed by atoms with Gasteiger partial charge in [0.2, 0.25) is 0 Å². The highest BCUT2D eigenvalue weighted by Crippen LogP contribution is 2.08. The Labute approximate surface area is 119 Å². The van der Waals surface area contributed by atoms with Gasteiger partial charge >= 0.3 is 11.7 Å². The van der Waals surface area contributed by atoms with E-state index in [1.807, 2.05) is 0 Å². The number of carbonyl (C=O) groups excluding carboxylic acids is 1. The number of hydrogen-bond acceptors (Lipinski definition) is 3. The van der Waals surface area contributed by atoms with Crippen molar-refractivity contribution < 1.29 is 14.1 Å². The summed E-state index contributed by atoms with van der Waals surface area (Å²) in [6.45, 7) is 0. The second-order valence-corrected chi connectivity index (χ2v) is 4.16. The van der Waals surface area contributed by atoms with Gasteiger partial charge in [-0.2, -0.15) is 0 Å². The Hall–Kier alpha value is -3.02. The summed E-state index contributed by atoms with van der Waals surface area (Å²) < 4.78 is 12.8. The van der Waals surface area contributed by atoms with E-state index in [2.05, 4.69) is 5.32 Å². The van der Waals surface area contributed by atoms with Gasteiger partial charge in [-0.25, -0.2) is 14.5 Å². The molecule has 2 aromatic rings. The van der Waals surface area contributed by atoms with Gasteiger partial charge in [0.05, 0.1) is 5.56 Å². The maximum absolute atomic E-state index is 12.8. The molecule has 2 aromatic carbocycles. The third-order valence-corrected chi connectivity index (χ3v) is 2.65. The lowest BCUT2D eigenvalue weighted by Gasteiger charge is -2.02. The SMILES string of the molecule is O=C(N/C(=C\c1ccc(F)cc1)[N+](=O)[O-])c1ccccc1. The number of carbonyl (C=O) groups is 1. The molecule has 106 valence electrons. The van der Waals surface area contributed by atoms with Crippen molar-refractivity contribution in [3.8, 4) is 0 Å². The van der Waals surface area contributed by atoms with Crippen molar-refractivity contribution in [1.29, 1.82) is 0 Å². The number of nitrogens with one attached hydrogen (secondary N) is 1. The molecule has 0 unspecified atom stereocenters. The van der Waals surface area contributed by atoms with Gasteiger partial charge in [0.25, 0.3) is 0 Å². The smallest absolute Gasteiger partial charge is 0.339 e. The average molecular weight is 286 g/mol. The normalized spacial score (nSPS) is 11.0. The zero-order valence-electron chi connectivity index (χ0n) is 10.8. The Morgan fingerprint density at radius 1 is 1.10 bits per heavy atom. The van der Waals surface area contributed by atoms with E-state index < -0.39 is 22.5 Å². The molecule has 6 heteroatoms. The number of benzene rings is 2. The van der Waals surface area contributed by atoms with Crippen molar-refractivity contribution in [2.24, 2.45) is 0 Å². The van der Waals surface area contributed by atoms with E-state index in [9.17, 15) is 19.3 Å². The highest BCUT2D eigenvalue weighted by atomic mass is 19.1. The number of amides is 1. The summed E-state index contributed by atoms with van der Waals surface area (Å²) in [4.78, 5) is 22.2. The van der Waals surface area contributed by atoms with Crippen LogP contribution >= 0.6 is 0 Å². The van der Waals surface area contributed by atoms with Gasteiger partial charge in [-0.1, -0.05) is 30.3 Å². The van der Waals surface area contributed by atoms with E-state index in [1.165, 1.54) is 30.3 Å². The van der Waals surface area contributed by atoms with Crippen LogP contribution in [0.5, 0.6) is 0 Å². The molecule has 0 aliphatic carbocycles. The Bertz CT molecular complexity index is 682. The third-order valence-electron chi connectivity index (χ3n) is 2.65. The first-order valence-electron chi connectivity index (χ1n) is 6.04. The minimum atomic E-state index is -0.704. The summed E-state index contributed by atoms with van der Waals surface area (Å²) in [5.74, 6) is -1.50. The van der Waals surface area contributed by atoms with E-state index in [0.29, 0.717) is 11.1 Å². The predicted octanol–water partition coefficient (Wildman–Crippen LogP) is 2.83. The van der Waals surface area contributed by atoms with Crippen LogP contribution in [0.1, 0.15) is 15.9 Å². The minimum Gasteiger partial charge on any atom is -0.358 e. The fourth-order valence-electron chi connectivity index (χ4n) is 1.63. The number of hydrogen-bond donors (Lipinski definition) is 1. The largest absolute Gasteiger partial charge is 0.358 e. The number of halogens is 1. The van der Waals surface area contributed by atoms with Crippen LogP contribution in [0.4, 0.5) is 4.39 Å². The van der Waals surface area contributed by atoms with Gasteiger partial charge in [-0.15, -0.1) is 0 Å². The molecule has 1 N–H and O–H groups in total. The van der Waals surface area contributed by atoms with Crippen LogP contribution in [0.3, 0.4) is 0 Å². The molecule has 0 atom stereocenters. The van der Waals surface area contributed by atoms with E-state index in [0.717, 1.165) is 0 Å². The van der Waals surface area contributed by atoms with E-state index in [-0.39, 0.29) is 0 Å². The maximum Gasteiger partial charge on any atom is 0.339 e. The highest BCUT2D eigenvalue weighted by Gasteiger charge is 2.16. The number of nitrogens with zero attached hydrogens (tertiary/aromatic N) is 1. The second kappa shape index (κ2) is 6.42. The molecule has 0 fully saturated rings. The maximum atomic E-state index is 12.8. The summed E-state index contributed by atoms with van der Waals surface area (Å²) in [6, 6.07) is 13.3. The molecule has 0 saturated heterocycles. The van der Waals surface area contributed by atoms with Gasteiger partial charge in [0.15, 0.2) is 0 Å². The van der Waals surface area contributed by atoms with E-state index in [4.69, 9.17) is 0 Å². The molecule has 0 bridgehead atoms. The second-order valence-electron chi connectivity index (χ2n) is 4.16. The van der Waals surface area contributed by atoms with Crippen molar-refractivity contribution in [1.82, 2.24) is 5.32 Å². The van der Waals surface area contributed by atoms with Crippen LogP contribution in [0, 0.1) is 15.9 Å². The summed E-state index contributed by atoms with van der Waals surface area (Å²) in [5.41, 5.74) is 0.723. The Morgan fingerprint density at radius 2 is 1.71 bits per heavy atom. The van der Waals surface area contributed by atoms with Crippen molar-refractivity contribution in [3.05, 3.63) is 87.5 Å². The molecule has 0 spiro atoms. The van der Waals surface area contributed by atoms with E-state index >= 15 is 0 Å². The summed E-state index contributed by atoms with van der Waals surface area (Å²) in [7, 11) is 0. The molecule has 0 aromatic heterocycles. The van der Waals surface area contributed by atoms with Crippen LogP contribution in [0.25, 0.3) is 6.08 Å². The highest BCUT2D eigenvalue weighted by molar-refractivity contribution is 5.95. The van der Waals surface area contributed by atoms with Crippen LogP contribution in [-0.4, -0.2) is 10.8 Å². The van der Waals surface area contributed by atoms with Gasteiger partial charge in [0.1, 0.15) is 5.82 Å². The summed E-state index contributed by atoms with van der Waals surface area (Å²) >= 11 is 0. The monoisotopic (exact) mass is 286 g/mol. The molecule has 1 amide bonds. The Balaban J connectivity index is 2.22. The van der Waals surface area contributed by atoms with Crippen LogP contribution in [-0.2, 0) is 0 Å². The van der Waals surface area contributed by atoms with E-state index in [1.54, 1.807) is 30.3 Å². The summed E-state index contributed by atoms with van der Waals surface area (Å²) in [5, 5.41) is 13.2. The third kappa shape index (κ3) is 3.97. The van der Waals surface area contributed by atoms with Gasteiger partial charge < -0.3 is 10.1 Å². The quantitative estimate of drug-likeness (QED) is 0.694. The van der Waals surface area contributed by atoms with Gasteiger partial charge in [-0.05, 0) is 34.8 Å². The van der Waals surface area contributed by atoms with Crippen molar-refractivity contribution >= 4 is 12.0 Å². The molecule has 2 rings (SSSR count). The molecular weight excluding hydrogens is 275 g/mol. The van der Waals surface area contributed by atoms with Crippen LogP contribution < -0.4 is 5.32 Å². The zero-order valence-corrected chi connectivity index (χ0v) is 10.8. The van der Waals surface area contributed by atoms with Gasteiger partial charge in [-0.3, -0.25) is 0 Å². The molecule has 0 aliphatic heterocycles. The Morgan fingerprint density at radius 3 is 2.29 bits per heavy atom. The molecule has 21 heavy (non-hydrogen) atoms. The fourth-order valence-corrected chi connectivity index (χ4v) is 1.63. The minimum absolute atomic E-state index is 0.310. The lowest BCUT2D eigenvalue weighted by atomic mass is 10.2. The van der Waals surface area contributed by atoms with Crippen molar-refractivity contribution in [3.63, 3.8) is 0 Å². The van der Waals surface area contributed by atoms with Crippen molar-refractivity contribution in [2.75, 3.05) is 0 Å². The first-order chi connectivity index (χ1) is 10.1. The van der Waals surface area contributed by atoms with Crippen molar-refractivity contribution in [2.45, 2.75) is 0 Å². The number of rotatable bonds is 4. The average Bonchev–Trinajstić information content (AvgIpc) is 2.49. The van der Waals surface area contributed by atoms with Gasteiger partial charge in [0, 0.05) is 6.08 Å². The molecule has 0 heterocycles. The molecule has 5 nitrogen and oxygen atoms in total. The number of nitro groups is 1. The van der Waals surface area contributed by atoms with Crippen LogP contribution in [0.15, 0.2) is 60.4 Å². The predicted molar refractivity (Wildman–Crippen MR) is 75.3 cm³/mol. The zero-order chi connectivity index (χ0) is 15.2. The molecule has 0 aliphatic rings. The topological polar surface area (TPSA) is 72.2 Å². The molecular formula is C15H11FN2O3. The molecule has 0 radical (unpaired) electrons. The molecule has 0 saturated carbocycles. The lowest BCUT2D eigenvalue weighted by Crippen LogP contribution is -2.26. The Kier molecular flexibility index (Phi) is 4.40. The lowest BCUT2D eigenvalue weighted by molar-refractivity contribution is -0.428. The fraction of sp³-hybridized carbons (Fsp3) is 0. The first kappa shape index (κ1) is 14.4. The summed E-state index contributed by atoms with van der Waals surface area (Å²) in [6.07, 6.45) is 1.17. The standard InChI is InChI=1S/C15H11FN2O3/c16-13-8-6-11(7-9-13)10-14(18(20)21)17-15(19)12-4-2-1-3-5-12/h1-10H,(H,17,19)/b14-10+. The first-order valence-corrected chi connectivity index (χ1v) is 6.04. The van der Waals surface area contributed by atoms with Crippen LogP contribution in [0.2, 0.25) is 0 Å².